The molecule has 0 N–H and O–H groups in total. The van der Waals surface area contributed by atoms with Gasteiger partial charge in [-0.2, -0.15) is 5.26 Å². The summed E-state index contributed by atoms with van der Waals surface area (Å²) in [7, 11) is 0. The zero-order valence-electron chi connectivity index (χ0n) is 31.1. The van der Waals surface area contributed by atoms with Crippen molar-refractivity contribution < 1.29 is 0 Å². The number of allylic oxidation sites excluding steroid dienone is 3. The average molecular weight is 648 g/mol. The molecular weight excluding hydrogens is 595 g/mol. The van der Waals surface area contributed by atoms with E-state index in [1.165, 1.54) is 44.6 Å². The van der Waals surface area contributed by atoms with Gasteiger partial charge in [0.25, 0.3) is 0 Å². The molecule has 3 heteroatoms. The monoisotopic (exact) mass is 647 g/mol. The fourth-order valence-corrected chi connectivity index (χ4v) is 8.11. The van der Waals surface area contributed by atoms with Crippen LogP contribution in [0.25, 0.3) is 11.1 Å². The van der Waals surface area contributed by atoms with Gasteiger partial charge in [0, 0.05) is 28.2 Å². The van der Waals surface area contributed by atoms with E-state index in [0.29, 0.717) is 5.56 Å². The normalized spacial score (nSPS) is 14.7. The summed E-state index contributed by atoms with van der Waals surface area (Å²) in [4.78, 5) is 4.84. The van der Waals surface area contributed by atoms with Gasteiger partial charge in [0.1, 0.15) is 0 Å². The first kappa shape index (κ1) is 35.5. The van der Waals surface area contributed by atoms with E-state index in [0.717, 1.165) is 36.3 Å². The Morgan fingerprint density at radius 2 is 1.33 bits per heavy atom. The predicted molar refractivity (Wildman–Crippen MR) is 209 cm³/mol. The van der Waals surface area contributed by atoms with Crippen LogP contribution in [0.4, 0.5) is 11.4 Å². The lowest BCUT2D eigenvalue weighted by Gasteiger charge is -2.46. The topological polar surface area (TPSA) is 30.3 Å². The van der Waals surface area contributed by atoms with Gasteiger partial charge in [0.05, 0.1) is 22.7 Å². The molecule has 0 aromatic heterocycles. The van der Waals surface area contributed by atoms with Gasteiger partial charge in [-0.1, -0.05) is 108 Å². The summed E-state index contributed by atoms with van der Waals surface area (Å²) in [5.41, 5.74) is 13.3. The Labute approximate surface area is 295 Å². The molecule has 0 saturated carbocycles. The average Bonchev–Trinajstić information content (AvgIpc) is 3.36. The summed E-state index contributed by atoms with van der Waals surface area (Å²) in [6.07, 6.45) is 6.82. The molecule has 1 aliphatic rings. The van der Waals surface area contributed by atoms with E-state index >= 15 is 0 Å². The van der Waals surface area contributed by atoms with Gasteiger partial charge < -0.3 is 9.80 Å². The van der Waals surface area contributed by atoms with Crippen LogP contribution in [-0.4, -0.2) is 4.90 Å². The van der Waals surface area contributed by atoms with E-state index in [1.54, 1.807) is 0 Å². The number of benzene rings is 4. The fraction of sp³-hybridized carbons (Fsp3) is 0.326. The molecule has 0 radical (unpaired) electrons. The lowest BCUT2D eigenvalue weighted by molar-refractivity contribution is 0.160. The van der Waals surface area contributed by atoms with Crippen molar-refractivity contribution in [3.8, 4) is 17.2 Å². The van der Waals surface area contributed by atoms with Crippen LogP contribution >= 0.6 is 0 Å². The van der Waals surface area contributed by atoms with Crippen molar-refractivity contribution in [3.63, 3.8) is 0 Å². The SMILES string of the molecule is C=CC(=C)N(/C(C)=C/C)C(CC)(CC)c1ccc2c(c1)C(C)(C)c1cc(C(C)(CC)N(c3ccc(C)cc3)c3ccc(C#N)cc3)ccc1-2. The molecule has 1 aliphatic carbocycles. The molecule has 49 heavy (non-hydrogen) atoms. The van der Waals surface area contributed by atoms with Crippen LogP contribution in [0.1, 0.15) is 108 Å². The van der Waals surface area contributed by atoms with Crippen molar-refractivity contribution in [3.05, 3.63) is 155 Å². The number of rotatable bonds is 12. The molecule has 1 unspecified atom stereocenters. The third-order valence-corrected chi connectivity index (χ3v) is 11.5. The molecule has 0 spiro atoms. The van der Waals surface area contributed by atoms with Crippen molar-refractivity contribution in [2.45, 2.75) is 98.1 Å². The van der Waals surface area contributed by atoms with Crippen LogP contribution in [0.3, 0.4) is 0 Å². The molecule has 0 heterocycles. The van der Waals surface area contributed by atoms with Crippen LogP contribution in [-0.2, 0) is 16.5 Å². The molecule has 1 atom stereocenters. The van der Waals surface area contributed by atoms with E-state index in [1.807, 2.05) is 18.2 Å². The molecule has 0 saturated heterocycles. The van der Waals surface area contributed by atoms with Crippen LogP contribution in [0.15, 0.2) is 122 Å². The molecule has 252 valence electrons. The smallest absolute Gasteiger partial charge is 0.0991 e. The zero-order valence-corrected chi connectivity index (χ0v) is 31.1. The maximum atomic E-state index is 9.52. The van der Waals surface area contributed by atoms with E-state index in [2.05, 4.69) is 170 Å². The lowest BCUT2D eigenvalue weighted by Crippen LogP contribution is -2.43. The van der Waals surface area contributed by atoms with Gasteiger partial charge >= 0.3 is 0 Å². The second-order valence-corrected chi connectivity index (χ2v) is 14.3. The highest BCUT2D eigenvalue weighted by atomic mass is 15.2. The Kier molecular flexibility index (Phi) is 9.85. The number of hydrogen-bond donors (Lipinski definition) is 0. The van der Waals surface area contributed by atoms with Crippen LogP contribution in [0.2, 0.25) is 0 Å². The van der Waals surface area contributed by atoms with Gasteiger partial charge in [-0.25, -0.2) is 0 Å². The molecule has 4 aromatic carbocycles. The molecule has 5 rings (SSSR count). The second kappa shape index (κ2) is 13.6. The van der Waals surface area contributed by atoms with Gasteiger partial charge in [0.2, 0.25) is 0 Å². The first-order valence-corrected chi connectivity index (χ1v) is 17.8. The van der Waals surface area contributed by atoms with Gasteiger partial charge in [-0.3, -0.25) is 0 Å². The van der Waals surface area contributed by atoms with Gasteiger partial charge in [0.15, 0.2) is 0 Å². The van der Waals surface area contributed by atoms with Crippen molar-refractivity contribution in [1.29, 1.82) is 5.26 Å². The van der Waals surface area contributed by atoms with Crippen LogP contribution in [0.5, 0.6) is 0 Å². The maximum absolute atomic E-state index is 9.52. The lowest BCUT2D eigenvalue weighted by atomic mass is 9.76. The van der Waals surface area contributed by atoms with Crippen molar-refractivity contribution >= 4 is 11.4 Å². The minimum Gasteiger partial charge on any atom is -0.336 e. The molecule has 4 aromatic rings. The minimum atomic E-state index is -0.358. The number of aryl methyl sites for hydroxylation is 1. The quantitative estimate of drug-likeness (QED) is 0.143. The first-order valence-electron chi connectivity index (χ1n) is 17.8. The third kappa shape index (κ3) is 5.82. The number of fused-ring (bicyclic) bond motifs is 3. The van der Waals surface area contributed by atoms with Gasteiger partial charge in [-0.15, -0.1) is 0 Å². The van der Waals surface area contributed by atoms with Gasteiger partial charge in [-0.05, 0) is 123 Å². The summed E-state index contributed by atoms with van der Waals surface area (Å²) < 4.78 is 0. The molecule has 0 amide bonds. The van der Waals surface area contributed by atoms with Crippen molar-refractivity contribution in [2.75, 3.05) is 4.90 Å². The third-order valence-electron chi connectivity index (χ3n) is 11.5. The number of hydrogen-bond acceptors (Lipinski definition) is 3. The summed E-state index contributed by atoms with van der Waals surface area (Å²) in [5, 5.41) is 9.52. The second-order valence-electron chi connectivity index (χ2n) is 14.3. The summed E-state index contributed by atoms with van der Waals surface area (Å²) in [6, 6.07) is 33.4. The van der Waals surface area contributed by atoms with Crippen LogP contribution in [0, 0.1) is 18.3 Å². The molecular formula is C46H53N3. The number of anilines is 2. The summed E-state index contributed by atoms with van der Waals surface area (Å²) >= 11 is 0. The Morgan fingerprint density at radius 1 is 0.816 bits per heavy atom. The van der Waals surface area contributed by atoms with Crippen molar-refractivity contribution in [2.24, 2.45) is 0 Å². The molecule has 0 fully saturated rings. The highest BCUT2D eigenvalue weighted by Crippen LogP contribution is 2.53. The van der Waals surface area contributed by atoms with Crippen molar-refractivity contribution in [1.82, 2.24) is 4.90 Å². The molecule has 0 aliphatic heterocycles. The summed E-state index contributed by atoms with van der Waals surface area (Å²) in [5.74, 6) is 0. The van der Waals surface area contributed by atoms with E-state index in [4.69, 9.17) is 0 Å². The summed E-state index contributed by atoms with van der Waals surface area (Å²) in [6.45, 7) is 28.9. The zero-order chi connectivity index (χ0) is 35.7. The van der Waals surface area contributed by atoms with Crippen LogP contribution < -0.4 is 4.90 Å². The van der Waals surface area contributed by atoms with E-state index < -0.39 is 0 Å². The molecule has 0 bridgehead atoms. The highest BCUT2D eigenvalue weighted by Gasteiger charge is 2.42. The van der Waals surface area contributed by atoms with E-state index in [9.17, 15) is 5.26 Å². The first-order chi connectivity index (χ1) is 23.4. The standard InChI is InChI=1S/C46H53N3/c1-12-33(7)48(34(8)13-2)46(15-4,16-5)37-22-28-41-40-27-21-36(29-42(40)44(9,10)43(41)30-37)45(11,14-3)49(38-23-17-32(6)18-24-38)39-25-19-35(31-47)20-26-39/h12-13,17-30H,1,7,14-16H2,2-6,8-11H3/b34-13+. The maximum Gasteiger partial charge on any atom is 0.0991 e. The Morgan fingerprint density at radius 3 is 1.80 bits per heavy atom. The molecule has 3 nitrogen and oxygen atoms in total. The predicted octanol–water partition coefficient (Wildman–Crippen LogP) is 12.6. The number of nitriles is 1. The Balaban J connectivity index is 1.66. The number of nitrogens with zero attached hydrogens (tertiary/aromatic N) is 3. The largest absolute Gasteiger partial charge is 0.336 e. The fourth-order valence-electron chi connectivity index (χ4n) is 8.11. The Bertz CT molecular complexity index is 1930. The van der Waals surface area contributed by atoms with E-state index in [-0.39, 0.29) is 16.5 Å². The minimum absolute atomic E-state index is 0.197. The Hall–Kier alpha value is -4.81. The highest BCUT2D eigenvalue weighted by molar-refractivity contribution is 5.82.